The summed E-state index contributed by atoms with van der Waals surface area (Å²) in [6.45, 7) is 9.69. The molecule has 2 N–H and O–H groups in total. The van der Waals surface area contributed by atoms with Crippen LogP contribution in [0.15, 0.2) is 12.1 Å². The number of amides is 2. The fourth-order valence-corrected chi connectivity index (χ4v) is 2.89. The molecule has 2 amide bonds. The zero-order valence-electron chi connectivity index (χ0n) is 21.9. The first-order valence-corrected chi connectivity index (χ1v) is 11.0. The third-order valence-corrected chi connectivity index (χ3v) is 4.37. The van der Waals surface area contributed by atoms with Gasteiger partial charge in [-0.25, -0.2) is 14.0 Å². The van der Waals surface area contributed by atoms with E-state index in [0.717, 1.165) is 0 Å². The predicted molar refractivity (Wildman–Crippen MR) is 126 cm³/mol. The number of hydrogen-bond acceptors (Lipinski definition) is 8. The maximum atomic E-state index is 14.9. The summed E-state index contributed by atoms with van der Waals surface area (Å²) >= 11 is 0. The van der Waals surface area contributed by atoms with Crippen molar-refractivity contribution in [1.82, 2.24) is 10.6 Å². The third kappa shape index (κ3) is 10.3. The molecule has 0 aliphatic carbocycles. The summed E-state index contributed by atoms with van der Waals surface area (Å²) in [6, 6.07) is 1.75. The molecule has 35 heavy (non-hydrogen) atoms. The molecule has 1 rings (SSSR count). The Kier molecular flexibility index (Phi) is 10.6. The first kappa shape index (κ1) is 29.8. The Morgan fingerprint density at radius 1 is 0.886 bits per heavy atom. The molecule has 0 aliphatic rings. The zero-order valence-corrected chi connectivity index (χ0v) is 21.9. The molecule has 0 bridgehead atoms. The second kappa shape index (κ2) is 12.5. The van der Waals surface area contributed by atoms with E-state index in [0.29, 0.717) is 22.8 Å². The number of rotatable bonds is 10. The highest BCUT2D eigenvalue weighted by Crippen LogP contribution is 2.34. The van der Waals surface area contributed by atoms with Gasteiger partial charge in [0.1, 0.15) is 34.5 Å². The molecule has 0 radical (unpaired) electrons. The molecule has 0 heterocycles. The maximum Gasteiger partial charge on any atom is 0.408 e. The van der Waals surface area contributed by atoms with Crippen LogP contribution < -0.4 is 24.8 Å². The van der Waals surface area contributed by atoms with Gasteiger partial charge in [-0.15, -0.1) is 0 Å². The van der Waals surface area contributed by atoms with E-state index in [1.54, 1.807) is 53.7 Å². The van der Waals surface area contributed by atoms with Crippen LogP contribution >= 0.6 is 0 Å². The molecule has 0 unspecified atom stereocenters. The van der Waals surface area contributed by atoms with Crippen LogP contribution in [0.2, 0.25) is 0 Å². The number of carbonyl (C=O) groups is 3. The van der Waals surface area contributed by atoms with Crippen LogP contribution in [-0.4, -0.2) is 62.7 Å². The summed E-state index contributed by atoms with van der Waals surface area (Å²) in [6.07, 6.45) is -3.73. The zero-order chi connectivity index (χ0) is 27.0. The molecule has 11 heteroatoms. The van der Waals surface area contributed by atoms with E-state index in [9.17, 15) is 18.8 Å². The molecule has 0 saturated carbocycles. The molecule has 0 spiro atoms. The Bertz CT molecular complexity index is 867. The summed E-state index contributed by atoms with van der Waals surface area (Å²) in [7, 11) is 4.35. The van der Waals surface area contributed by atoms with Crippen LogP contribution in [0.25, 0.3) is 0 Å². The predicted octanol–water partition coefficient (Wildman–Crippen LogP) is 3.29. The van der Waals surface area contributed by atoms with E-state index in [1.807, 2.05) is 0 Å². The fourth-order valence-electron chi connectivity index (χ4n) is 2.89. The first-order chi connectivity index (χ1) is 16.1. The standard InChI is InChI=1S/C24H37FN2O8/c1-23(2,3)34-21(29)17(27-22(30)35-24(4,5)6)12-16(25)20(28)26-13-15-18(32-8)10-14(31-7)11-19(15)33-9/h10-11,16-17H,12-13H2,1-9H3,(H,26,28)(H,27,30)/t16-,17-/m0/s1/i25-1. The van der Waals surface area contributed by atoms with Crippen molar-refractivity contribution < 1.29 is 42.5 Å². The molecule has 0 aliphatic heterocycles. The SMILES string of the molecule is COc1cc(OC)c(CNC(=O)[C@@H]([18F])C[C@H](NC(=O)OC(C)(C)C)C(=O)OC(C)(C)C)c(OC)c1. The van der Waals surface area contributed by atoms with E-state index in [4.69, 9.17) is 23.7 Å². The van der Waals surface area contributed by atoms with Crippen molar-refractivity contribution in [1.29, 1.82) is 0 Å². The van der Waals surface area contributed by atoms with Crippen molar-refractivity contribution in [2.24, 2.45) is 0 Å². The minimum absolute atomic E-state index is 0.119. The average molecular weight is 500 g/mol. The molecule has 198 valence electrons. The van der Waals surface area contributed by atoms with Gasteiger partial charge in [0.15, 0.2) is 6.17 Å². The molecule has 0 aromatic heterocycles. The Morgan fingerprint density at radius 3 is 1.83 bits per heavy atom. The lowest BCUT2D eigenvalue weighted by Crippen LogP contribution is -2.48. The number of hydrogen-bond donors (Lipinski definition) is 2. The van der Waals surface area contributed by atoms with E-state index < -0.39 is 47.8 Å². The number of alkyl carbamates (subject to hydrolysis) is 1. The Hall–Kier alpha value is -3.24. The lowest BCUT2D eigenvalue weighted by Gasteiger charge is -2.26. The van der Waals surface area contributed by atoms with Crippen molar-refractivity contribution in [3.05, 3.63) is 17.7 Å². The number of nitrogens with one attached hydrogen (secondary N) is 2. The van der Waals surface area contributed by atoms with Crippen LogP contribution in [0.5, 0.6) is 17.2 Å². The van der Waals surface area contributed by atoms with Gasteiger partial charge in [-0.05, 0) is 41.5 Å². The van der Waals surface area contributed by atoms with Gasteiger partial charge in [0, 0.05) is 18.6 Å². The number of carbonyl (C=O) groups excluding carboxylic acids is 3. The van der Waals surface area contributed by atoms with Crippen LogP contribution in [-0.2, 0) is 25.6 Å². The molecule has 0 fully saturated rings. The second-order valence-electron chi connectivity index (χ2n) is 9.66. The summed E-state index contributed by atoms with van der Waals surface area (Å²) in [5.41, 5.74) is -1.27. The van der Waals surface area contributed by atoms with Gasteiger partial charge < -0.3 is 34.3 Å². The Balaban J connectivity index is 2.97. The largest absolute Gasteiger partial charge is 0.496 e. The van der Waals surface area contributed by atoms with E-state index in [1.165, 1.54) is 21.3 Å². The molecular formula is C24H37FN2O8. The smallest absolute Gasteiger partial charge is 0.408 e. The summed E-state index contributed by atoms with van der Waals surface area (Å²) < 4.78 is 41.2. The topological polar surface area (TPSA) is 121 Å². The average Bonchev–Trinajstić information content (AvgIpc) is 2.73. The minimum atomic E-state index is -2.14. The highest BCUT2D eigenvalue weighted by molar-refractivity contribution is 5.85. The van der Waals surface area contributed by atoms with E-state index >= 15 is 0 Å². The van der Waals surface area contributed by atoms with Crippen LogP contribution in [0.3, 0.4) is 0 Å². The van der Waals surface area contributed by atoms with Crippen molar-refractivity contribution in [2.75, 3.05) is 21.3 Å². The number of methoxy groups -OCH3 is 3. The lowest BCUT2D eigenvalue weighted by molar-refractivity contribution is -0.158. The summed E-state index contributed by atoms with van der Waals surface area (Å²) in [4.78, 5) is 37.3. The van der Waals surface area contributed by atoms with Crippen molar-refractivity contribution in [2.45, 2.75) is 77.9 Å². The molecule has 2 atom stereocenters. The van der Waals surface area contributed by atoms with Gasteiger partial charge in [0.25, 0.3) is 5.91 Å². The third-order valence-electron chi connectivity index (χ3n) is 4.37. The maximum absolute atomic E-state index is 14.9. The monoisotopic (exact) mass is 499 g/mol. The second-order valence-corrected chi connectivity index (χ2v) is 9.66. The van der Waals surface area contributed by atoms with Gasteiger partial charge in [-0.2, -0.15) is 0 Å². The van der Waals surface area contributed by atoms with Gasteiger partial charge >= 0.3 is 12.1 Å². The molecular weight excluding hydrogens is 462 g/mol. The number of ether oxygens (including phenoxy) is 5. The Morgan fingerprint density at radius 2 is 1.40 bits per heavy atom. The van der Waals surface area contributed by atoms with E-state index in [2.05, 4.69) is 10.6 Å². The van der Waals surface area contributed by atoms with Gasteiger partial charge in [-0.3, -0.25) is 4.79 Å². The molecule has 1 aromatic carbocycles. The van der Waals surface area contributed by atoms with Crippen molar-refractivity contribution >= 4 is 18.0 Å². The highest BCUT2D eigenvalue weighted by atomic mass is 18.2. The quantitative estimate of drug-likeness (QED) is 0.471. The van der Waals surface area contributed by atoms with Gasteiger partial charge in [-0.1, -0.05) is 0 Å². The molecule has 10 nitrogen and oxygen atoms in total. The molecule has 0 saturated heterocycles. The van der Waals surface area contributed by atoms with Crippen LogP contribution in [0, 0.1) is 0 Å². The summed E-state index contributed by atoms with van der Waals surface area (Å²) in [5, 5.41) is 4.75. The fraction of sp³-hybridized carbons (Fsp3) is 0.625. The van der Waals surface area contributed by atoms with Crippen LogP contribution in [0.1, 0.15) is 53.5 Å². The Labute approximate surface area is 205 Å². The number of benzene rings is 1. The van der Waals surface area contributed by atoms with Crippen molar-refractivity contribution in [3.8, 4) is 17.2 Å². The van der Waals surface area contributed by atoms with E-state index in [-0.39, 0.29) is 6.54 Å². The normalized spacial score (nSPS) is 13.2. The molecule has 1 aromatic rings. The number of halogens is 1. The van der Waals surface area contributed by atoms with Crippen molar-refractivity contribution in [3.63, 3.8) is 0 Å². The van der Waals surface area contributed by atoms with Crippen LogP contribution in [0.4, 0.5) is 9.18 Å². The summed E-state index contributed by atoms with van der Waals surface area (Å²) in [5.74, 6) is -0.669. The lowest BCUT2D eigenvalue weighted by atomic mass is 10.1. The first-order valence-electron chi connectivity index (χ1n) is 11.0. The van der Waals surface area contributed by atoms with Gasteiger partial charge in [0.05, 0.1) is 33.4 Å². The minimum Gasteiger partial charge on any atom is -0.496 e. The number of esters is 1. The van der Waals surface area contributed by atoms with Gasteiger partial charge in [0.2, 0.25) is 0 Å². The highest BCUT2D eigenvalue weighted by Gasteiger charge is 2.33. The number of alkyl halides is 1.